The number of phenols is 1. The van der Waals surface area contributed by atoms with E-state index in [9.17, 15) is 9.90 Å². The smallest absolute Gasteiger partial charge is 0.227 e. The minimum Gasteiger partial charge on any atom is -0.506 e. The zero-order valence-corrected chi connectivity index (χ0v) is 9.99. The van der Waals surface area contributed by atoms with Crippen LogP contribution in [0.25, 0.3) is 0 Å². The van der Waals surface area contributed by atoms with E-state index < -0.39 is 0 Å². The highest BCUT2D eigenvalue weighted by atomic mass is 16.3. The summed E-state index contributed by atoms with van der Waals surface area (Å²) >= 11 is 0. The molecular weight excluding hydrogens is 216 g/mol. The fourth-order valence-corrected chi connectivity index (χ4v) is 2.07. The lowest BCUT2D eigenvalue weighted by Crippen LogP contribution is -2.34. The molecule has 0 saturated carbocycles. The molecule has 1 saturated heterocycles. The molecule has 1 aromatic carbocycles. The number of hydrogen-bond donors (Lipinski definition) is 3. The molecule has 3 N–H and O–H groups in total. The molecule has 1 fully saturated rings. The van der Waals surface area contributed by atoms with Crippen LogP contribution in [0.1, 0.15) is 18.4 Å². The lowest BCUT2D eigenvalue weighted by Gasteiger charge is -2.22. The van der Waals surface area contributed by atoms with Gasteiger partial charge in [0.1, 0.15) is 5.75 Å². The van der Waals surface area contributed by atoms with Gasteiger partial charge in [0.25, 0.3) is 0 Å². The van der Waals surface area contributed by atoms with Gasteiger partial charge in [-0.15, -0.1) is 0 Å². The van der Waals surface area contributed by atoms with Crippen molar-refractivity contribution >= 4 is 11.6 Å². The van der Waals surface area contributed by atoms with E-state index in [0.29, 0.717) is 5.69 Å². The SMILES string of the molecule is Cc1ccc(NC(=O)C2CCNCC2)c(O)c1. The number of benzene rings is 1. The first kappa shape index (κ1) is 11.9. The van der Waals surface area contributed by atoms with Crippen molar-refractivity contribution in [1.82, 2.24) is 5.32 Å². The van der Waals surface area contributed by atoms with Crippen LogP contribution in [0.2, 0.25) is 0 Å². The van der Waals surface area contributed by atoms with Gasteiger partial charge in [-0.3, -0.25) is 4.79 Å². The number of rotatable bonds is 2. The summed E-state index contributed by atoms with van der Waals surface area (Å²) in [6, 6.07) is 5.26. The maximum atomic E-state index is 12.0. The number of amides is 1. The van der Waals surface area contributed by atoms with Gasteiger partial charge in [0.05, 0.1) is 5.69 Å². The predicted octanol–water partition coefficient (Wildman–Crippen LogP) is 1.64. The van der Waals surface area contributed by atoms with Crippen molar-refractivity contribution in [2.75, 3.05) is 18.4 Å². The molecular formula is C13H18N2O2. The Hall–Kier alpha value is -1.55. The van der Waals surface area contributed by atoms with Gasteiger partial charge in [0, 0.05) is 5.92 Å². The van der Waals surface area contributed by atoms with Crippen LogP contribution in [0, 0.1) is 12.8 Å². The Kier molecular flexibility index (Phi) is 3.64. The molecule has 4 nitrogen and oxygen atoms in total. The molecule has 0 aromatic heterocycles. The van der Waals surface area contributed by atoms with Crippen LogP contribution in [-0.2, 0) is 4.79 Å². The first-order valence-corrected chi connectivity index (χ1v) is 5.98. The Bertz CT molecular complexity index is 412. The van der Waals surface area contributed by atoms with Gasteiger partial charge in [-0.05, 0) is 50.6 Å². The number of carbonyl (C=O) groups excluding carboxylic acids is 1. The van der Waals surface area contributed by atoms with Gasteiger partial charge in [0.15, 0.2) is 0 Å². The second-order valence-corrected chi connectivity index (χ2v) is 4.53. The van der Waals surface area contributed by atoms with E-state index in [1.165, 1.54) is 0 Å². The monoisotopic (exact) mass is 234 g/mol. The van der Waals surface area contributed by atoms with Gasteiger partial charge >= 0.3 is 0 Å². The first-order valence-electron chi connectivity index (χ1n) is 5.98. The maximum Gasteiger partial charge on any atom is 0.227 e. The summed E-state index contributed by atoms with van der Waals surface area (Å²) in [6.45, 7) is 3.67. The van der Waals surface area contributed by atoms with Crippen molar-refractivity contribution < 1.29 is 9.90 Å². The summed E-state index contributed by atoms with van der Waals surface area (Å²) in [7, 11) is 0. The molecule has 1 aliphatic heterocycles. The van der Waals surface area contributed by atoms with Crippen LogP contribution in [0.3, 0.4) is 0 Å². The Morgan fingerprint density at radius 1 is 1.41 bits per heavy atom. The third-order valence-corrected chi connectivity index (χ3v) is 3.12. The Balaban J connectivity index is 2.02. The first-order chi connectivity index (χ1) is 8.16. The minimum absolute atomic E-state index is 0.00523. The van der Waals surface area contributed by atoms with Crippen LogP contribution in [0.4, 0.5) is 5.69 Å². The molecule has 1 aromatic rings. The number of hydrogen-bond acceptors (Lipinski definition) is 3. The molecule has 1 amide bonds. The topological polar surface area (TPSA) is 61.4 Å². The summed E-state index contributed by atoms with van der Waals surface area (Å²) in [5.74, 6) is 0.190. The summed E-state index contributed by atoms with van der Waals surface area (Å²) in [5.41, 5.74) is 1.47. The second kappa shape index (κ2) is 5.19. The van der Waals surface area contributed by atoms with Crippen LogP contribution in [0.5, 0.6) is 5.75 Å². The van der Waals surface area contributed by atoms with E-state index in [4.69, 9.17) is 0 Å². The number of aryl methyl sites for hydroxylation is 1. The van der Waals surface area contributed by atoms with Crippen molar-refractivity contribution in [3.8, 4) is 5.75 Å². The molecule has 1 aliphatic rings. The van der Waals surface area contributed by atoms with E-state index in [1.807, 2.05) is 13.0 Å². The molecule has 2 rings (SSSR count). The number of nitrogens with one attached hydrogen (secondary N) is 2. The average molecular weight is 234 g/mol. The van der Waals surface area contributed by atoms with E-state index in [-0.39, 0.29) is 17.6 Å². The van der Waals surface area contributed by atoms with E-state index in [0.717, 1.165) is 31.5 Å². The van der Waals surface area contributed by atoms with Gasteiger partial charge in [-0.2, -0.15) is 0 Å². The number of anilines is 1. The van der Waals surface area contributed by atoms with Crippen molar-refractivity contribution in [3.63, 3.8) is 0 Å². The van der Waals surface area contributed by atoms with Crippen molar-refractivity contribution in [1.29, 1.82) is 0 Å². The standard InChI is InChI=1S/C13H18N2O2/c1-9-2-3-11(12(16)8-9)15-13(17)10-4-6-14-7-5-10/h2-3,8,10,14,16H,4-7H2,1H3,(H,15,17). The summed E-state index contributed by atoms with van der Waals surface area (Å²) < 4.78 is 0. The molecule has 0 radical (unpaired) electrons. The normalized spacial score (nSPS) is 16.8. The molecule has 92 valence electrons. The Morgan fingerprint density at radius 2 is 2.12 bits per heavy atom. The van der Waals surface area contributed by atoms with E-state index >= 15 is 0 Å². The molecule has 0 bridgehead atoms. The molecule has 0 spiro atoms. The summed E-state index contributed by atoms with van der Waals surface area (Å²) in [5, 5.41) is 15.7. The molecule has 0 atom stereocenters. The fraction of sp³-hybridized carbons (Fsp3) is 0.462. The van der Waals surface area contributed by atoms with Crippen LogP contribution >= 0.6 is 0 Å². The van der Waals surface area contributed by atoms with Crippen LogP contribution < -0.4 is 10.6 Å². The molecule has 1 heterocycles. The zero-order valence-electron chi connectivity index (χ0n) is 9.99. The summed E-state index contributed by atoms with van der Waals surface area (Å²) in [4.78, 5) is 12.0. The molecule has 17 heavy (non-hydrogen) atoms. The van der Waals surface area contributed by atoms with Gasteiger partial charge in [-0.1, -0.05) is 6.07 Å². The fourth-order valence-electron chi connectivity index (χ4n) is 2.07. The van der Waals surface area contributed by atoms with Crippen molar-refractivity contribution in [3.05, 3.63) is 23.8 Å². The third kappa shape index (κ3) is 2.97. The Morgan fingerprint density at radius 3 is 2.76 bits per heavy atom. The van der Waals surface area contributed by atoms with Gasteiger partial charge in [-0.25, -0.2) is 0 Å². The Labute approximate surface area is 101 Å². The molecule has 4 heteroatoms. The molecule has 0 aliphatic carbocycles. The zero-order chi connectivity index (χ0) is 12.3. The van der Waals surface area contributed by atoms with Crippen LogP contribution in [0.15, 0.2) is 18.2 Å². The third-order valence-electron chi connectivity index (χ3n) is 3.12. The largest absolute Gasteiger partial charge is 0.506 e. The average Bonchev–Trinajstić information content (AvgIpc) is 2.34. The number of aromatic hydroxyl groups is 1. The van der Waals surface area contributed by atoms with Gasteiger partial charge in [0.2, 0.25) is 5.91 Å². The lowest BCUT2D eigenvalue weighted by atomic mass is 9.97. The number of phenolic OH excluding ortho intramolecular Hbond substituents is 1. The highest BCUT2D eigenvalue weighted by Crippen LogP contribution is 2.25. The number of carbonyl (C=O) groups is 1. The highest BCUT2D eigenvalue weighted by Gasteiger charge is 2.21. The minimum atomic E-state index is 0.00523. The van der Waals surface area contributed by atoms with Crippen LogP contribution in [-0.4, -0.2) is 24.1 Å². The number of piperidine rings is 1. The van der Waals surface area contributed by atoms with Crippen molar-refractivity contribution in [2.45, 2.75) is 19.8 Å². The summed E-state index contributed by atoms with van der Waals surface area (Å²) in [6.07, 6.45) is 1.72. The maximum absolute atomic E-state index is 12.0. The predicted molar refractivity (Wildman–Crippen MR) is 67.1 cm³/mol. The van der Waals surface area contributed by atoms with Gasteiger partial charge < -0.3 is 15.7 Å². The van der Waals surface area contributed by atoms with E-state index in [1.54, 1.807) is 12.1 Å². The quantitative estimate of drug-likeness (QED) is 0.682. The van der Waals surface area contributed by atoms with Crippen molar-refractivity contribution in [2.24, 2.45) is 5.92 Å². The van der Waals surface area contributed by atoms with E-state index in [2.05, 4.69) is 10.6 Å². The lowest BCUT2D eigenvalue weighted by molar-refractivity contribution is -0.120. The second-order valence-electron chi connectivity index (χ2n) is 4.53. The highest BCUT2D eigenvalue weighted by molar-refractivity contribution is 5.94. The molecule has 0 unspecified atom stereocenters.